The summed E-state index contributed by atoms with van der Waals surface area (Å²) in [7, 11) is -4.19. The Hall–Kier alpha value is -1.80. The molecule has 0 atom stereocenters. The summed E-state index contributed by atoms with van der Waals surface area (Å²) >= 11 is 1.81. The Morgan fingerprint density at radius 2 is 1.50 bits per heavy atom. The first kappa shape index (κ1) is 15.1. The Morgan fingerprint density at radius 3 is 2.23 bits per heavy atom. The van der Waals surface area contributed by atoms with Gasteiger partial charge in [-0.25, -0.2) is 4.98 Å². The third-order valence-electron chi connectivity index (χ3n) is 3.21. The maximum absolute atomic E-state index is 8.83. The van der Waals surface area contributed by atoms with Gasteiger partial charge in [0.25, 0.3) is 0 Å². The molecule has 5 nitrogen and oxygen atoms in total. The standard InChI is InChI=1S/C15H9NS.ClH3O4/c1-3-7-13-10(5-1)12-9-17-14-8-4-2-6-11(14)15(12)16-13;2-1(3,4)5/h1-9H;2-4H/p+1. The van der Waals surface area contributed by atoms with E-state index in [9.17, 15) is 0 Å². The third kappa shape index (κ3) is 3.17. The van der Waals surface area contributed by atoms with Gasteiger partial charge in [-0.15, -0.1) is 11.3 Å². The topological polar surface area (TPSA) is 97.9 Å². The van der Waals surface area contributed by atoms with Crippen molar-refractivity contribution in [2.24, 2.45) is 0 Å². The van der Waals surface area contributed by atoms with Gasteiger partial charge in [-0.05, 0) is 18.2 Å². The molecule has 0 unspecified atom stereocenters. The maximum Gasteiger partial charge on any atom is 0.221 e. The molecule has 2 aromatic rings. The van der Waals surface area contributed by atoms with Crippen LogP contribution in [0.1, 0.15) is 0 Å². The zero-order valence-corrected chi connectivity index (χ0v) is 12.8. The molecule has 2 heterocycles. The number of benzene rings is 2. The number of fused-ring (bicyclic) bond motifs is 5. The van der Waals surface area contributed by atoms with Gasteiger partial charge in [0.05, 0.1) is 16.3 Å². The Bertz CT molecular complexity index is 897. The zero-order chi connectivity index (χ0) is 15.7. The summed E-state index contributed by atoms with van der Waals surface area (Å²) in [6.07, 6.45) is 0. The monoisotopic (exact) mass is 338 g/mol. The van der Waals surface area contributed by atoms with Crippen LogP contribution >= 0.6 is 11.3 Å². The van der Waals surface area contributed by atoms with Gasteiger partial charge >= 0.3 is 28.9 Å². The normalized spacial score (nSPS) is 12.4. The minimum Gasteiger partial charge on any atom is -0.204 e. The molecule has 0 bridgehead atoms. The molecule has 0 saturated heterocycles. The molecular weight excluding hydrogens is 326 g/mol. The van der Waals surface area contributed by atoms with Gasteiger partial charge in [0.15, 0.2) is 0 Å². The van der Waals surface area contributed by atoms with Crippen LogP contribution in [0.4, 0.5) is 0 Å². The van der Waals surface area contributed by atoms with E-state index in [0.29, 0.717) is 0 Å². The molecule has 2 aromatic carbocycles. The van der Waals surface area contributed by atoms with Gasteiger partial charge in [-0.1, -0.05) is 24.3 Å². The van der Waals surface area contributed by atoms with E-state index in [2.05, 4.69) is 58.9 Å². The number of para-hydroxylation sites is 1. The smallest absolute Gasteiger partial charge is 0.204 e. The fraction of sp³-hybridized carbons (Fsp3) is 0. The molecule has 0 amide bonds. The van der Waals surface area contributed by atoms with Gasteiger partial charge in [0.1, 0.15) is 0 Å². The first-order chi connectivity index (χ1) is 10.4. The van der Waals surface area contributed by atoms with E-state index < -0.39 is 10.2 Å². The van der Waals surface area contributed by atoms with E-state index >= 15 is 0 Å². The molecule has 0 aliphatic carbocycles. The van der Waals surface area contributed by atoms with Crippen molar-refractivity contribution in [3.63, 3.8) is 0 Å². The molecule has 0 radical (unpaired) electrons. The second-order valence-electron chi connectivity index (χ2n) is 4.62. The van der Waals surface area contributed by atoms with Crippen LogP contribution in [0.15, 0.2) is 53.9 Å². The number of hydrogen-bond acceptors (Lipinski definition) is 5. The van der Waals surface area contributed by atoms with Gasteiger partial charge in [0.2, 0.25) is 11.2 Å². The first-order valence-electron chi connectivity index (χ1n) is 6.29. The third-order valence-corrected chi connectivity index (χ3v) is 4.17. The number of aromatic nitrogens is 1. The number of halogens is 1. The van der Waals surface area contributed by atoms with Gasteiger partial charge < -0.3 is 0 Å². The Morgan fingerprint density at radius 1 is 0.909 bits per heavy atom. The van der Waals surface area contributed by atoms with Gasteiger partial charge in [-0.2, -0.15) is 0 Å². The second-order valence-corrected chi connectivity index (χ2v) is 6.40. The summed E-state index contributed by atoms with van der Waals surface area (Å²) < 4.78 is 31.5. The minimum absolute atomic E-state index is 1.21. The SMILES string of the molecule is [O-][Cl+](O)(O)O.c1ccc2c3csc4ccccc4c-3[nH+]c2c1. The largest absolute Gasteiger partial charge is 0.221 e. The van der Waals surface area contributed by atoms with Crippen LogP contribution in [0.5, 0.6) is 0 Å². The fourth-order valence-corrected chi connectivity index (χ4v) is 3.34. The molecule has 2 aliphatic rings. The average Bonchev–Trinajstić information content (AvgIpc) is 2.84. The fourth-order valence-electron chi connectivity index (χ4n) is 2.40. The van der Waals surface area contributed by atoms with E-state index in [0.717, 1.165) is 0 Å². The van der Waals surface area contributed by atoms with E-state index in [1.807, 2.05) is 0 Å². The first-order valence-corrected chi connectivity index (χ1v) is 8.50. The van der Waals surface area contributed by atoms with Crippen molar-refractivity contribution in [2.75, 3.05) is 0 Å². The van der Waals surface area contributed by atoms with Gasteiger partial charge in [0, 0.05) is 16.1 Å². The maximum atomic E-state index is 8.83. The van der Waals surface area contributed by atoms with E-state index in [1.54, 1.807) is 11.3 Å². The summed E-state index contributed by atoms with van der Waals surface area (Å²) in [5, 5.41) is 4.87. The van der Waals surface area contributed by atoms with Crippen molar-refractivity contribution < 1.29 is 33.9 Å². The summed E-state index contributed by atoms with van der Waals surface area (Å²) in [4.78, 5) is 3.53. The molecule has 0 fully saturated rings. The van der Waals surface area contributed by atoms with Crippen molar-refractivity contribution in [1.82, 2.24) is 0 Å². The van der Waals surface area contributed by atoms with E-state index in [-0.39, 0.29) is 0 Å². The number of nitrogens with one attached hydrogen (secondary N) is 1. The molecule has 7 heteroatoms. The number of H-pyrrole nitrogens is 1. The van der Waals surface area contributed by atoms with Crippen molar-refractivity contribution in [3.05, 3.63) is 53.9 Å². The van der Waals surface area contributed by atoms with Crippen LogP contribution < -0.4 is 9.64 Å². The van der Waals surface area contributed by atoms with Crippen molar-refractivity contribution >= 4 is 32.3 Å². The van der Waals surface area contributed by atoms with Crippen LogP contribution in [0.3, 0.4) is 0 Å². The van der Waals surface area contributed by atoms with Gasteiger partial charge in [-0.3, -0.25) is 0 Å². The van der Waals surface area contributed by atoms with Crippen LogP contribution in [0, 0.1) is 10.2 Å². The van der Waals surface area contributed by atoms with Crippen molar-refractivity contribution in [3.8, 4) is 11.3 Å². The quantitative estimate of drug-likeness (QED) is 0.447. The molecule has 0 saturated carbocycles. The number of rotatable bonds is 0. The molecule has 2 aliphatic heterocycles. The molecule has 4 rings (SSSR count). The van der Waals surface area contributed by atoms with Crippen LogP contribution in [0.25, 0.3) is 32.2 Å². The van der Waals surface area contributed by atoms with Crippen LogP contribution in [0.2, 0.25) is 0 Å². The summed E-state index contributed by atoms with van der Waals surface area (Å²) in [6.45, 7) is 0. The van der Waals surface area contributed by atoms with Crippen molar-refractivity contribution in [2.45, 2.75) is 0 Å². The molecule has 0 aromatic heterocycles. The molecule has 114 valence electrons. The average molecular weight is 339 g/mol. The molecule has 4 N–H and O–H groups in total. The van der Waals surface area contributed by atoms with Crippen LogP contribution in [-0.4, -0.2) is 14.0 Å². The van der Waals surface area contributed by atoms with Crippen LogP contribution in [-0.2, 0) is 0 Å². The van der Waals surface area contributed by atoms with E-state index in [1.165, 1.54) is 32.2 Å². The summed E-state index contributed by atoms with van der Waals surface area (Å²) in [5.41, 5.74) is 3.79. The van der Waals surface area contributed by atoms with Crippen molar-refractivity contribution in [1.29, 1.82) is 0 Å². The second kappa shape index (κ2) is 5.77. The predicted molar refractivity (Wildman–Crippen MR) is 79.2 cm³/mol. The number of aromatic amines is 1. The predicted octanol–water partition coefficient (Wildman–Crippen LogP) is 1.11. The molecule has 0 spiro atoms. The minimum atomic E-state index is -4.19. The summed E-state index contributed by atoms with van der Waals surface area (Å²) in [6, 6.07) is 17.0. The molecule has 22 heavy (non-hydrogen) atoms. The number of hydrogen-bond donors (Lipinski definition) is 3. The summed E-state index contributed by atoms with van der Waals surface area (Å²) in [5.74, 6) is 0. The Kier molecular flexibility index (Phi) is 3.96. The Balaban J connectivity index is 0.000000254. The molecular formula is C15H13ClNO4S+. The Labute approximate surface area is 131 Å². The van der Waals surface area contributed by atoms with E-state index in [4.69, 9.17) is 18.6 Å². The zero-order valence-electron chi connectivity index (χ0n) is 11.2.